The van der Waals surface area contributed by atoms with E-state index in [4.69, 9.17) is 14.6 Å². The number of carbonyl (C=O) groups is 1. The van der Waals surface area contributed by atoms with Crippen LogP contribution < -0.4 is 14.8 Å². The lowest BCUT2D eigenvalue weighted by atomic mass is 10.1. The number of hydrogen-bond donors (Lipinski definition) is 3. The zero-order chi connectivity index (χ0) is 24.9. The highest BCUT2D eigenvalue weighted by atomic mass is 32.2. The summed E-state index contributed by atoms with van der Waals surface area (Å²) >= 11 is 0. The van der Waals surface area contributed by atoms with Crippen LogP contribution in [0.25, 0.3) is 11.3 Å². The Kier molecular flexibility index (Phi) is 7.90. The van der Waals surface area contributed by atoms with Crippen molar-refractivity contribution in [2.24, 2.45) is 0 Å². The number of aliphatic hydroxyl groups is 1. The first-order valence-electron chi connectivity index (χ1n) is 10.4. The molecule has 34 heavy (non-hydrogen) atoms. The fraction of sp³-hybridized carbons (Fsp3) is 0.304. The van der Waals surface area contributed by atoms with Gasteiger partial charge in [0.2, 0.25) is 0 Å². The van der Waals surface area contributed by atoms with Crippen molar-refractivity contribution < 1.29 is 32.2 Å². The Hall–Kier alpha value is -3.44. The van der Waals surface area contributed by atoms with Gasteiger partial charge >= 0.3 is 0 Å². The van der Waals surface area contributed by atoms with Gasteiger partial charge in [0.1, 0.15) is 35.7 Å². The van der Waals surface area contributed by atoms with Crippen LogP contribution in [0.15, 0.2) is 53.7 Å². The number of aliphatic hydroxyl groups excluding tert-OH is 1. The molecule has 2 aromatic heterocycles. The van der Waals surface area contributed by atoms with E-state index in [1.54, 1.807) is 44.2 Å². The molecule has 0 unspecified atom stereocenters. The number of hydrogen-bond acceptors (Lipinski definition) is 7. The van der Waals surface area contributed by atoms with Crippen LogP contribution in [0.4, 0.5) is 4.39 Å². The van der Waals surface area contributed by atoms with E-state index in [9.17, 15) is 17.6 Å². The summed E-state index contributed by atoms with van der Waals surface area (Å²) in [7, 11) is -3.45. The van der Waals surface area contributed by atoms with Crippen LogP contribution >= 0.6 is 0 Å². The van der Waals surface area contributed by atoms with E-state index in [2.05, 4.69) is 15.3 Å². The molecule has 3 rings (SSSR count). The first-order valence-corrected chi connectivity index (χ1v) is 12.3. The molecular formula is C23H26FN3O6S. The molecule has 0 aliphatic heterocycles. The molecule has 0 bridgehead atoms. The molecule has 3 aromatic rings. The predicted octanol–water partition coefficient (Wildman–Crippen LogP) is 3.12. The molecule has 0 saturated heterocycles. The average molecular weight is 492 g/mol. The molecule has 3 N–H and O–H groups in total. The second-order valence-electron chi connectivity index (χ2n) is 7.82. The topological polar surface area (TPSA) is 131 Å². The van der Waals surface area contributed by atoms with E-state index >= 15 is 0 Å². The molecule has 11 heteroatoms. The van der Waals surface area contributed by atoms with Crippen molar-refractivity contribution in [3.63, 3.8) is 0 Å². The molecule has 182 valence electrons. The predicted molar refractivity (Wildman–Crippen MR) is 124 cm³/mol. The van der Waals surface area contributed by atoms with Gasteiger partial charge in [-0.3, -0.25) is 4.79 Å². The largest absolute Gasteiger partial charge is 0.488 e. The second-order valence-corrected chi connectivity index (χ2v) is 9.79. The zero-order valence-electron chi connectivity index (χ0n) is 18.9. The van der Waals surface area contributed by atoms with Crippen LogP contribution in [0.5, 0.6) is 17.2 Å². The van der Waals surface area contributed by atoms with Gasteiger partial charge < -0.3 is 24.9 Å². The number of halogens is 1. The number of carbonyl (C=O) groups excluding carboxylic acids is 1. The Morgan fingerprint density at radius 2 is 1.88 bits per heavy atom. The maximum atomic E-state index is 13.0. The lowest BCUT2D eigenvalue weighted by molar-refractivity contribution is 0.0918. The van der Waals surface area contributed by atoms with Crippen LogP contribution in [0.1, 0.15) is 24.3 Å². The Labute approximate surface area is 196 Å². The van der Waals surface area contributed by atoms with Gasteiger partial charge in [0.05, 0.1) is 12.8 Å². The van der Waals surface area contributed by atoms with Gasteiger partial charge in [-0.15, -0.1) is 0 Å². The minimum absolute atomic E-state index is 0.0814. The summed E-state index contributed by atoms with van der Waals surface area (Å²) in [6.07, 6.45) is 1.65. The number of pyridine rings is 1. The third-order valence-electron chi connectivity index (χ3n) is 4.65. The number of alkyl halides is 1. The molecule has 9 nitrogen and oxygen atoms in total. The number of aromatic nitrogens is 2. The molecule has 2 atom stereocenters. The summed E-state index contributed by atoms with van der Waals surface area (Å²) < 4.78 is 47.7. The first-order chi connectivity index (χ1) is 16.1. The summed E-state index contributed by atoms with van der Waals surface area (Å²) in [5.74, 6) is 0.591. The van der Waals surface area contributed by atoms with E-state index in [0.29, 0.717) is 34.2 Å². The van der Waals surface area contributed by atoms with E-state index in [1.807, 2.05) is 0 Å². The summed E-state index contributed by atoms with van der Waals surface area (Å²) in [5.41, 5.74) is 1.48. The molecule has 0 radical (unpaired) electrons. The third-order valence-corrected chi connectivity index (χ3v) is 5.65. The monoisotopic (exact) mass is 491 g/mol. The number of benzene rings is 1. The van der Waals surface area contributed by atoms with Crippen molar-refractivity contribution in [2.75, 3.05) is 19.5 Å². The Morgan fingerprint density at radius 3 is 2.50 bits per heavy atom. The summed E-state index contributed by atoms with van der Waals surface area (Å²) in [4.78, 5) is 19.2. The van der Waals surface area contributed by atoms with Crippen LogP contribution in [-0.4, -0.2) is 61.1 Å². The van der Waals surface area contributed by atoms with Crippen LogP contribution in [0.2, 0.25) is 0 Å². The normalized spacial score (nSPS) is 13.2. The minimum atomic E-state index is -3.45. The number of rotatable bonds is 10. The number of aromatic amines is 1. The highest BCUT2D eigenvalue weighted by Gasteiger charge is 2.15. The molecular weight excluding hydrogens is 465 g/mol. The van der Waals surface area contributed by atoms with E-state index in [1.165, 1.54) is 18.3 Å². The highest BCUT2D eigenvalue weighted by molar-refractivity contribution is 7.90. The fourth-order valence-corrected chi connectivity index (χ4v) is 3.50. The van der Waals surface area contributed by atoms with Crippen LogP contribution in [0, 0.1) is 0 Å². The minimum Gasteiger partial charge on any atom is -0.488 e. The molecule has 0 spiro atoms. The van der Waals surface area contributed by atoms with Gasteiger partial charge in [0.25, 0.3) is 5.91 Å². The maximum Gasteiger partial charge on any atom is 0.267 e. The summed E-state index contributed by atoms with van der Waals surface area (Å²) in [6.45, 7) is 2.38. The molecule has 0 saturated carbocycles. The van der Waals surface area contributed by atoms with Crippen molar-refractivity contribution >= 4 is 15.7 Å². The quantitative estimate of drug-likeness (QED) is 0.397. The Bertz CT molecular complexity index is 1240. The van der Waals surface area contributed by atoms with Gasteiger partial charge in [-0.2, -0.15) is 0 Å². The smallest absolute Gasteiger partial charge is 0.267 e. The SMILES string of the molecule is C[C@H](CO)NC(=O)c1ccc(-c2cc(Oc3ccc(S(C)(=O)=O)nc3)cc(O[C@@H](C)CF)c2)[nH]1. The lowest BCUT2D eigenvalue weighted by Gasteiger charge is -2.15. The number of H-pyrrole nitrogens is 1. The maximum absolute atomic E-state index is 13.0. The average Bonchev–Trinajstić information content (AvgIpc) is 3.29. The van der Waals surface area contributed by atoms with Gasteiger partial charge in [0.15, 0.2) is 14.9 Å². The van der Waals surface area contributed by atoms with E-state index in [-0.39, 0.29) is 17.5 Å². The van der Waals surface area contributed by atoms with Crippen LogP contribution in [-0.2, 0) is 9.84 Å². The van der Waals surface area contributed by atoms with Crippen molar-refractivity contribution in [1.82, 2.24) is 15.3 Å². The van der Waals surface area contributed by atoms with Gasteiger partial charge in [0, 0.05) is 29.6 Å². The van der Waals surface area contributed by atoms with Gasteiger partial charge in [-0.05, 0) is 50.2 Å². The van der Waals surface area contributed by atoms with E-state index < -0.39 is 28.7 Å². The van der Waals surface area contributed by atoms with Crippen molar-refractivity contribution in [1.29, 1.82) is 0 Å². The van der Waals surface area contributed by atoms with E-state index in [0.717, 1.165) is 6.26 Å². The first kappa shape index (κ1) is 25.2. The number of nitrogens with one attached hydrogen (secondary N) is 2. The second kappa shape index (κ2) is 10.7. The van der Waals surface area contributed by atoms with Crippen LogP contribution in [0.3, 0.4) is 0 Å². The molecule has 0 aliphatic carbocycles. The number of sulfone groups is 1. The number of nitrogens with zero attached hydrogens (tertiary/aromatic N) is 1. The van der Waals surface area contributed by atoms with Crippen molar-refractivity contribution in [3.8, 4) is 28.5 Å². The zero-order valence-corrected chi connectivity index (χ0v) is 19.7. The molecule has 2 heterocycles. The lowest BCUT2D eigenvalue weighted by Crippen LogP contribution is -2.35. The standard InChI is InChI=1S/C23H26FN3O6S/c1-14(13-28)26-23(29)21-6-5-20(27-21)16-8-18(32-15(2)11-24)10-19(9-16)33-17-4-7-22(25-12-17)34(3,30)31/h4-10,12,14-15,27-28H,11,13H2,1-3H3,(H,26,29)/t14-,15+/m1/s1. The summed E-state index contributed by atoms with van der Waals surface area (Å²) in [6, 6.07) is 10.6. The molecule has 0 aliphatic rings. The van der Waals surface area contributed by atoms with Crippen molar-refractivity contribution in [2.45, 2.75) is 31.0 Å². The van der Waals surface area contributed by atoms with Gasteiger partial charge in [-0.1, -0.05) is 0 Å². The Balaban J connectivity index is 1.91. The summed E-state index contributed by atoms with van der Waals surface area (Å²) in [5, 5.41) is 11.7. The van der Waals surface area contributed by atoms with Gasteiger partial charge in [-0.25, -0.2) is 17.8 Å². The molecule has 1 aromatic carbocycles. The molecule has 0 fully saturated rings. The van der Waals surface area contributed by atoms with Crippen molar-refractivity contribution in [3.05, 3.63) is 54.4 Å². The highest BCUT2D eigenvalue weighted by Crippen LogP contribution is 2.33. The fourth-order valence-electron chi connectivity index (χ4n) is 2.94. The number of amides is 1. The Morgan fingerprint density at radius 1 is 1.15 bits per heavy atom. The molecule has 1 amide bonds. The number of ether oxygens (including phenoxy) is 2. The third kappa shape index (κ3) is 6.55.